The highest BCUT2D eigenvalue weighted by molar-refractivity contribution is 5.96. The molecule has 0 bridgehead atoms. The molecule has 5 heteroatoms. The van der Waals surface area contributed by atoms with Crippen LogP contribution in [0.15, 0.2) is 36.5 Å². The fourth-order valence-corrected chi connectivity index (χ4v) is 3.07. The van der Waals surface area contributed by atoms with Crippen molar-refractivity contribution in [2.75, 3.05) is 0 Å². The zero-order chi connectivity index (χ0) is 18.6. The highest BCUT2D eigenvalue weighted by Crippen LogP contribution is 2.27. The highest BCUT2D eigenvalue weighted by Gasteiger charge is 2.27. The van der Waals surface area contributed by atoms with E-state index in [1.54, 1.807) is 4.68 Å². The van der Waals surface area contributed by atoms with Crippen LogP contribution in [0.3, 0.4) is 0 Å². The summed E-state index contributed by atoms with van der Waals surface area (Å²) in [5.74, 6) is 0.0103. The molecule has 0 aliphatic carbocycles. The van der Waals surface area contributed by atoms with Crippen molar-refractivity contribution in [3.8, 4) is 0 Å². The van der Waals surface area contributed by atoms with Gasteiger partial charge in [0.05, 0.1) is 11.7 Å². The van der Waals surface area contributed by atoms with Crippen LogP contribution in [0, 0.1) is 12.3 Å². The number of nitrogens with one attached hydrogen (secondary N) is 1. The third-order valence-electron chi connectivity index (χ3n) is 4.27. The maximum Gasteiger partial charge on any atom is 0.221 e. The van der Waals surface area contributed by atoms with Crippen LogP contribution in [-0.2, 0) is 11.8 Å². The molecule has 0 aliphatic heterocycles. The van der Waals surface area contributed by atoms with Crippen LogP contribution < -0.4 is 5.32 Å². The zero-order valence-corrected chi connectivity index (χ0v) is 15.7. The Balaban J connectivity index is 1.94. The molecule has 2 aromatic rings. The summed E-state index contributed by atoms with van der Waals surface area (Å²) in [7, 11) is 1.86. The minimum atomic E-state index is -0.402. The summed E-state index contributed by atoms with van der Waals surface area (Å²) in [5.41, 5.74) is 2.21. The molecule has 0 aliphatic rings. The Morgan fingerprint density at radius 1 is 1.20 bits per heavy atom. The van der Waals surface area contributed by atoms with E-state index in [2.05, 4.69) is 10.4 Å². The molecular formula is C20H27N3O2. The van der Waals surface area contributed by atoms with Gasteiger partial charge >= 0.3 is 0 Å². The van der Waals surface area contributed by atoms with E-state index >= 15 is 0 Å². The summed E-state index contributed by atoms with van der Waals surface area (Å²) in [4.78, 5) is 24.8. The summed E-state index contributed by atoms with van der Waals surface area (Å²) >= 11 is 0. The van der Waals surface area contributed by atoms with Gasteiger partial charge in [-0.3, -0.25) is 14.3 Å². The Kier molecular flexibility index (Phi) is 5.77. The molecular weight excluding hydrogens is 314 g/mol. The van der Waals surface area contributed by atoms with Gasteiger partial charge in [-0.25, -0.2) is 0 Å². The van der Waals surface area contributed by atoms with Gasteiger partial charge in [0, 0.05) is 37.2 Å². The van der Waals surface area contributed by atoms with Gasteiger partial charge < -0.3 is 5.32 Å². The normalized spacial score (nSPS) is 12.7. The molecule has 0 saturated heterocycles. The number of carbonyl (C=O) groups is 2. The fraction of sp³-hybridized carbons (Fsp3) is 0.450. The van der Waals surface area contributed by atoms with E-state index < -0.39 is 5.41 Å². The van der Waals surface area contributed by atoms with Crippen LogP contribution in [0.4, 0.5) is 0 Å². The van der Waals surface area contributed by atoms with Crippen molar-refractivity contribution in [2.24, 2.45) is 12.5 Å². The molecule has 1 heterocycles. The van der Waals surface area contributed by atoms with Crippen molar-refractivity contribution in [3.63, 3.8) is 0 Å². The Labute approximate surface area is 149 Å². The van der Waals surface area contributed by atoms with Gasteiger partial charge in [-0.05, 0) is 19.3 Å². The molecule has 0 spiro atoms. The molecule has 0 radical (unpaired) electrons. The van der Waals surface area contributed by atoms with Crippen LogP contribution in [0.25, 0.3) is 0 Å². The molecule has 1 aromatic heterocycles. The van der Waals surface area contributed by atoms with Crippen LogP contribution in [0.1, 0.15) is 61.3 Å². The number of carbonyl (C=O) groups excluding carboxylic acids is 2. The van der Waals surface area contributed by atoms with E-state index in [4.69, 9.17) is 0 Å². The lowest BCUT2D eigenvalue weighted by molar-refractivity contribution is -0.123. The second kappa shape index (κ2) is 7.64. The molecule has 1 aromatic carbocycles. The fourth-order valence-electron chi connectivity index (χ4n) is 3.07. The average Bonchev–Trinajstić information content (AvgIpc) is 2.85. The van der Waals surface area contributed by atoms with Crippen LogP contribution in [0.5, 0.6) is 0 Å². The summed E-state index contributed by atoms with van der Waals surface area (Å²) in [6.07, 6.45) is 2.56. The topological polar surface area (TPSA) is 64.0 Å². The van der Waals surface area contributed by atoms with Gasteiger partial charge in [0.1, 0.15) is 0 Å². The van der Waals surface area contributed by atoms with Crippen molar-refractivity contribution in [1.29, 1.82) is 0 Å². The highest BCUT2D eigenvalue weighted by atomic mass is 16.1. The molecule has 1 atom stereocenters. The van der Waals surface area contributed by atoms with E-state index in [0.717, 1.165) is 11.3 Å². The number of hydrogen-bond donors (Lipinski definition) is 1. The molecule has 0 fully saturated rings. The quantitative estimate of drug-likeness (QED) is 0.783. The molecule has 1 N–H and O–H groups in total. The molecule has 1 amide bonds. The van der Waals surface area contributed by atoms with E-state index in [-0.39, 0.29) is 17.7 Å². The first-order chi connectivity index (χ1) is 11.7. The van der Waals surface area contributed by atoms with Crippen LogP contribution >= 0.6 is 0 Å². The minimum absolute atomic E-state index is 0.0541. The monoisotopic (exact) mass is 341 g/mol. The molecule has 0 unspecified atom stereocenters. The summed E-state index contributed by atoms with van der Waals surface area (Å²) in [6.45, 7) is 7.78. The first-order valence-corrected chi connectivity index (χ1v) is 8.56. The van der Waals surface area contributed by atoms with Crippen molar-refractivity contribution >= 4 is 11.7 Å². The zero-order valence-electron chi connectivity index (χ0n) is 15.7. The van der Waals surface area contributed by atoms with Gasteiger partial charge in [-0.15, -0.1) is 0 Å². The van der Waals surface area contributed by atoms with Gasteiger partial charge in [-0.1, -0.05) is 44.2 Å². The minimum Gasteiger partial charge on any atom is -0.349 e. The number of hydrogen-bond acceptors (Lipinski definition) is 3. The molecule has 0 saturated carbocycles. The van der Waals surface area contributed by atoms with Gasteiger partial charge in [-0.2, -0.15) is 5.10 Å². The number of rotatable bonds is 7. The van der Waals surface area contributed by atoms with E-state index in [1.165, 1.54) is 0 Å². The third-order valence-corrected chi connectivity index (χ3v) is 4.27. The maximum atomic E-state index is 12.4. The maximum absolute atomic E-state index is 12.4. The number of aromatic nitrogens is 2. The van der Waals surface area contributed by atoms with Gasteiger partial charge in [0.25, 0.3) is 0 Å². The smallest absolute Gasteiger partial charge is 0.221 e. The number of Topliss-reactive ketones (excluding diaryl/α,β-unsaturated/α-hetero) is 1. The predicted octanol–water partition coefficient (Wildman–Crippen LogP) is 3.60. The standard InChI is InChI=1S/C20H27N3O2/c1-14(17-13-23(5)22-15(17)2)21-19(25)12-20(3,4)11-18(24)16-9-7-6-8-10-16/h6-10,13-14H,11-12H2,1-5H3,(H,21,25)/t14-/m0/s1. The lowest BCUT2D eigenvalue weighted by atomic mass is 9.82. The van der Waals surface area contributed by atoms with Crippen molar-refractivity contribution in [1.82, 2.24) is 15.1 Å². The Morgan fingerprint density at radius 3 is 2.40 bits per heavy atom. The molecule has 5 nitrogen and oxygen atoms in total. The Hall–Kier alpha value is -2.43. The third kappa shape index (κ3) is 5.28. The van der Waals surface area contributed by atoms with E-state index in [9.17, 15) is 9.59 Å². The van der Waals surface area contributed by atoms with E-state index in [1.807, 2.05) is 71.3 Å². The number of amides is 1. The molecule has 134 valence electrons. The summed E-state index contributed by atoms with van der Waals surface area (Å²) in [6, 6.07) is 9.10. The second-order valence-electron chi connectivity index (χ2n) is 7.44. The molecule has 25 heavy (non-hydrogen) atoms. The van der Waals surface area contributed by atoms with Crippen LogP contribution in [0.2, 0.25) is 0 Å². The average molecular weight is 341 g/mol. The Bertz CT molecular complexity index is 748. The number of nitrogens with zero attached hydrogens (tertiary/aromatic N) is 2. The lowest BCUT2D eigenvalue weighted by Crippen LogP contribution is -2.32. The number of aryl methyl sites for hydroxylation is 2. The molecule has 2 rings (SSSR count). The SMILES string of the molecule is Cc1nn(C)cc1[C@H](C)NC(=O)CC(C)(C)CC(=O)c1ccccc1. The van der Waals surface area contributed by atoms with Gasteiger partial charge in [0.15, 0.2) is 5.78 Å². The second-order valence-corrected chi connectivity index (χ2v) is 7.44. The van der Waals surface area contributed by atoms with Crippen molar-refractivity contribution in [2.45, 2.75) is 46.6 Å². The largest absolute Gasteiger partial charge is 0.349 e. The Morgan fingerprint density at radius 2 is 1.84 bits per heavy atom. The lowest BCUT2D eigenvalue weighted by Gasteiger charge is -2.24. The van der Waals surface area contributed by atoms with Crippen molar-refractivity contribution in [3.05, 3.63) is 53.3 Å². The first-order valence-electron chi connectivity index (χ1n) is 8.56. The number of ketones is 1. The van der Waals surface area contributed by atoms with Crippen molar-refractivity contribution < 1.29 is 9.59 Å². The van der Waals surface area contributed by atoms with E-state index in [0.29, 0.717) is 18.4 Å². The van der Waals surface area contributed by atoms with Crippen LogP contribution in [-0.4, -0.2) is 21.5 Å². The predicted molar refractivity (Wildman–Crippen MR) is 98.3 cm³/mol. The first kappa shape index (κ1) is 18.9. The number of benzene rings is 1. The summed E-state index contributed by atoms with van der Waals surface area (Å²) in [5, 5.41) is 7.32. The van der Waals surface area contributed by atoms with Gasteiger partial charge in [0.2, 0.25) is 5.91 Å². The summed E-state index contributed by atoms with van der Waals surface area (Å²) < 4.78 is 1.75.